The van der Waals surface area contributed by atoms with Crippen LogP contribution in [0.1, 0.15) is 12.6 Å². The maximum absolute atomic E-state index is 12.1. The number of hydrogen-bond donors (Lipinski definition) is 2. The normalized spacial score (nSPS) is 15.1. The maximum Gasteiger partial charge on any atom is 0.223 e. The molecule has 1 fully saturated rings. The number of methoxy groups -OCH3 is 1. The molecule has 8 heteroatoms. The summed E-state index contributed by atoms with van der Waals surface area (Å²) >= 11 is 0. The Bertz CT molecular complexity index is 669. The number of hydrogen-bond acceptors (Lipinski definition) is 5. The molecule has 3 rings (SSSR count). The number of halogens is 1. The molecule has 1 amide bonds. The fourth-order valence-corrected chi connectivity index (χ4v) is 2.46. The molecule has 1 saturated heterocycles. The molecule has 1 aromatic heterocycles. The molecule has 0 spiro atoms. The van der Waals surface area contributed by atoms with Gasteiger partial charge in [-0.05, 0) is 43.3 Å². The minimum absolute atomic E-state index is 0. The molecule has 1 aliphatic rings. The predicted octanol–water partition coefficient (Wildman–Crippen LogP) is 1.17. The molecular weight excluding hydrogens is 330 g/mol. The number of nitrogens with zero attached hydrogens (tertiary/aromatic N) is 3. The zero-order chi connectivity index (χ0) is 16.2. The van der Waals surface area contributed by atoms with E-state index in [9.17, 15) is 4.79 Å². The van der Waals surface area contributed by atoms with Gasteiger partial charge in [-0.2, -0.15) is 0 Å². The maximum atomic E-state index is 12.1. The lowest BCUT2D eigenvalue weighted by molar-refractivity contribution is -0.126. The topological polar surface area (TPSA) is 81.1 Å². The number of benzene rings is 1. The van der Waals surface area contributed by atoms with Gasteiger partial charge in [0.05, 0.1) is 25.5 Å². The number of aromatic nitrogens is 3. The van der Waals surface area contributed by atoms with Crippen LogP contribution >= 0.6 is 12.4 Å². The predicted molar refractivity (Wildman–Crippen MR) is 92.5 cm³/mol. The summed E-state index contributed by atoms with van der Waals surface area (Å²) in [6.07, 6.45) is 1.82. The van der Waals surface area contributed by atoms with E-state index < -0.39 is 0 Å². The lowest BCUT2D eigenvalue weighted by Gasteiger charge is -2.31. The first-order chi connectivity index (χ1) is 11.2. The first kappa shape index (κ1) is 18.2. The first-order valence-corrected chi connectivity index (χ1v) is 7.71. The molecule has 2 heterocycles. The molecule has 0 saturated carbocycles. The van der Waals surface area contributed by atoms with Gasteiger partial charge in [0.2, 0.25) is 5.91 Å². The average molecular weight is 352 g/mol. The van der Waals surface area contributed by atoms with Crippen LogP contribution in [0.4, 0.5) is 0 Å². The second-order valence-electron chi connectivity index (χ2n) is 5.78. The minimum Gasteiger partial charge on any atom is -0.497 e. The standard InChI is InChI=1S/C16H21N5O2.ClH/c1-11(12-7-17-8-12)16(22)18-9-13-10-21(20-19-13)14-3-5-15(23-2)6-4-14;/h3-6,10-12,17H,7-9H2,1-2H3,(H,18,22);1H. The molecule has 0 bridgehead atoms. The van der Waals surface area contributed by atoms with Crippen molar-refractivity contribution in [2.45, 2.75) is 13.5 Å². The Morgan fingerprint density at radius 3 is 2.71 bits per heavy atom. The molecule has 2 N–H and O–H groups in total. The summed E-state index contributed by atoms with van der Waals surface area (Å²) in [5.41, 5.74) is 1.62. The fourth-order valence-electron chi connectivity index (χ4n) is 2.46. The first-order valence-electron chi connectivity index (χ1n) is 7.71. The molecule has 7 nitrogen and oxygen atoms in total. The Kier molecular flexibility index (Phi) is 6.16. The van der Waals surface area contributed by atoms with Crippen molar-refractivity contribution >= 4 is 18.3 Å². The van der Waals surface area contributed by atoms with E-state index in [1.165, 1.54) is 0 Å². The van der Waals surface area contributed by atoms with Crippen LogP contribution in [-0.4, -0.2) is 41.1 Å². The van der Waals surface area contributed by atoms with E-state index >= 15 is 0 Å². The van der Waals surface area contributed by atoms with E-state index in [1.807, 2.05) is 37.4 Å². The molecule has 24 heavy (non-hydrogen) atoms. The highest BCUT2D eigenvalue weighted by Gasteiger charge is 2.28. The number of carbonyl (C=O) groups is 1. The van der Waals surface area contributed by atoms with Gasteiger partial charge in [0.15, 0.2) is 0 Å². The zero-order valence-corrected chi connectivity index (χ0v) is 14.5. The fraction of sp³-hybridized carbons (Fsp3) is 0.438. The molecule has 2 aromatic rings. The van der Waals surface area contributed by atoms with E-state index in [1.54, 1.807) is 11.8 Å². The van der Waals surface area contributed by atoms with E-state index in [2.05, 4.69) is 20.9 Å². The Hall–Kier alpha value is -2.12. The van der Waals surface area contributed by atoms with Crippen molar-refractivity contribution in [1.82, 2.24) is 25.6 Å². The Morgan fingerprint density at radius 1 is 1.42 bits per heavy atom. The van der Waals surface area contributed by atoms with Crippen LogP contribution in [0.2, 0.25) is 0 Å². The van der Waals surface area contributed by atoms with Crippen LogP contribution in [0.15, 0.2) is 30.5 Å². The number of ether oxygens (including phenoxy) is 1. The van der Waals surface area contributed by atoms with Crippen molar-refractivity contribution in [2.75, 3.05) is 20.2 Å². The smallest absolute Gasteiger partial charge is 0.223 e. The van der Waals surface area contributed by atoms with Crippen molar-refractivity contribution in [1.29, 1.82) is 0 Å². The van der Waals surface area contributed by atoms with Gasteiger partial charge in [0.1, 0.15) is 11.4 Å². The lowest BCUT2D eigenvalue weighted by Crippen LogP contribution is -2.49. The van der Waals surface area contributed by atoms with E-state index in [-0.39, 0.29) is 24.2 Å². The van der Waals surface area contributed by atoms with Gasteiger partial charge in [0.25, 0.3) is 0 Å². The van der Waals surface area contributed by atoms with Crippen LogP contribution in [0.25, 0.3) is 5.69 Å². The summed E-state index contributed by atoms with van der Waals surface area (Å²) in [5.74, 6) is 1.31. The highest BCUT2D eigenvalue weighted by atomic mass is 35.5. The summed E-state index contributed by atoms with van der Waals surface area (Å²) < 4.78 is 6.81. The molecule has 1 aliphatic heterocycles. The van der Waals surface area contributed by atoms with Gasteiger partial charge in [-0.25, -0.2) is 4.68 Å². The largest absolute Gasteiger partial charge is 0.497 e. The molecule has 0 radical (unpaired) electrons. The summed E-state index contributed by atoms with van der Waals surface area (Å²) in [5, 5.41) is 14.3. The number of amides is 1. The summed E-state index contributed by atoms with van der Waals surface area (Å²) in [7, 11) is 1.63. The average Bonchev–Trinajstić information content (AvgIpc) is 3.00. The van der Waals surface area contributed by atoms with Gasteiger partial charge < -0.3 is 15.4 Å². The Morgan fingerprint density at radius 2 is 2.12 bits per heavy atom. The van der Waals surface area contributed by atoms with Gasteiger partial charge in [-0.15, -0.1) is 17.5 Å². The highest BCUT2D eigenvalue weighted by molar-refractivity contribution is 5.85. The molecule has 130 valence electrons. The molecule has 1 aromatic carbocycles. The van der Waals surface area contributed by atoms with Crippen molar-refractivity contribution in [3.63, 3.8) is 0 Å². The Labute approximate surface area is 147 Å². The number of carbonyl (C=O) groups excluding carboxylic acids is 1. The highest BCUT2D eigenvalue weighted by Crippen LogP contribution is 2.16. The summed E-state index contributed by atoms with van der Waals surface area (Å²) in [4.78, 5) is 12.1. The molecule has 1 atom stereocenters. The van der Waals surface area contributed by atoms with Crippen molar-refractivity contribution < 1.29 is 9.53 Å². The van der Waals surface area contributed by atoms with Crippen LogP contribution < -0.4 is 15.4 Å². The zero-order valence-electron chi connectivity index (χ0n) is 13.7. The van der Waals surface area contributed by atoms with Gasteiger partial charge >= 0.3 is 0 Å². The summed E-state index contributed by atoms with van der Waals surface area (Å²) in [6.45, 7) is 4.19. The second-order valence-corrected chi connectivity index (χ2v) is 5.78. The number of nitrogens with one attached hydrogen (secondary N) is 2. The molecular formula is C16H22ClN5O2. The van der Waals surface area contributed by atoms with Gasteiger partial charge in [0, 0.05) is 5.92 Å². The number of rotatable bonds is 6. The van der Waals surface area contributed by atoms with E-state index in [4.69, 9.17) is 4.74 Å². The Balaban J connectivity index is 0.00000208. The third-order valence-electron chi connectivity index (χ3n) is 4.26. The summed E-state index contributed by atoms with van der Waals surface area (Å²) in [6, 6.07) is 7.54. The third kappa shape index (κ3) is 4.04. The molecule has 0 aliphatic carbocycles. The molecule has 1 unspecified atom stereocenters. The lowest BCUT2D eigenvalue weighted by atomic mass is 9.88. The minimum atomic E-state index is 0. The van der Waals surface area contributed by atoms with Crippen LogP contribution in [-0.2, 0) is 11.3 Å². The quantitative estimate of drug-likeness (QED) is 0.816. The van der Waals surface area contributed by atoms with Crippen molar-refractivity contribution in [3.8, 4) is 11.4 Å². The monoisotopic (exact) mass is 351 g/mol. The van der Waals surface area contributed by atoms with E-state index in [0.29, 0.717) is 12.5 Å². The van der Waals surface area contributed by atoms with Crippen LogP contribution in [0.5, 0.6) is 5.75 Å². The SMILES string of the molecule is COc1ccc(-n2cc(CNC(=O)C(C)C3CNC3)nn2)cc1.Cl. The second kappa shape index (κ2) is 8.12. The van der Waals surface area contributed by atoms with Crippen molar-refractivity contribution in [3.05, 3.63) is 36.2 Å². The third-order valence-corrected chi connectivity index (χ3v) is 4.26. The van der Waals surface area contributed by atoms with E-state index in [0.717, 1.165) is 30.2 Å². The van der Waals surface area contributed by atoms with Gasteiger partial charge in [-0.3, -0.25) is 4.79 Å². The van der Waals surface area contributed by atoms with Crippen molar-refractivity contribution in [2.24, 2.45) is 11.8 Å². The van der Waals surface area contributed by atoms with Crippen LogP contribution in [0.3, 0.4) is 0 Å². The van der Waals surface area contributed by atoms with Gasteiger partial charge in [-0.1, -0.05) is 12.1 Å². The van der Waals surface area contributed by atoms with Crippen LogP contribution in [0, 0.1) is 11.8 Å².